The molecule has 0 aromatic carbocycles. The molecule has 1 aliphatic rings. The average molecular weight is 200 g/mol. The van der Waals surface area contributed by atoms with Crippen LogP contribution in [-0.4, -0.2) is 69.2 Å². The number of carbonyl (C=O) groups is 1. The molecule has 2 N–H and O–H groups in total. The Balaban J connectivity index is 2.05. The summed E-state index contributed by atoms with van der Waals surface area (Å²) < 4.78 is 0. The van der Waals surface area contributed by atoms with Gasteiger partial charge in [-0.05, 0) is 0 Å². The van der Waals surface area contributed by atoms with E-state index in [4.69, 9.17) is 0 Å². The Morgan fingerprint density at radius 3 is 2.64 bits per heavy atom. The molecule has 2 amide bonds. The van der Waals surface area contributed by atoms with Crippen LogP contribution < -0.4 is 10.6 Å². The van der Waals surface area contributed by atoms with E-state index in [1.165, 1.54) is 0 Å². The highest BCUT2D eigenvalue weighted by Gasteiger charge is 2.09. The molecule has 0 aromatic heterocycles. The van der Waals surface area contributed by atoms with E-state index in [9.17, 15) is 4.79 Å². The SMILES string of the molecule is CN(C)C(=O)NCCN1CCNCC1. The van der Waals surface area contributed by atoms with Gasteiger partial charge in [0.1, 0.15) is 0 Å². The van der Waals surface area contributed by atoms with Gasteiger partial charge in [0.05, 0.1) is 0 Å². The van der Waals surface area contributed by atoms with Gasteiger partial charge in [0.25, 0.3) is 0 Å². The van der Waals surface area contributed by atoms with Crippen molar-refractivity contribution in [1.82, 2.24) is 20.4 Å². The lowest BCUT2D eigenvalue weighted by Crippen LogP contribution is -2.47. The highest BCUT2D eigenvalue weighted by molar-refractivity contribution is 5.73. The molecule has 5 heteroatoms. The van der Waals surface area contributed by atoms with E-state index in [0.717, 1.165) is 39.3 Å². The Kier molecular flexibility index (Phi) is 4.69. The van der Waals surface area contributed by atoms with Crippen LogP contribution in [0.3, 0.4) is 0 Å². The summed E-state index contributed by atoms with van der Waals surface area (Å²) in [6.07, 6.45) is 0. The fraction of sp³-hybridized carbons (Fsp3) is 0.889. The minimum absolute atomic E-state index is 0.0138. The number of hydrogen-bond acceptors (Lipinski definition) is 3. The van der Waals surface area contributed by atoms with E-state index in [-0.39, 0.29) is 6.03 Å². The van der Waals surface area contributed by atoms with E-state index in [0.29, 0.717) is 0 Å². The summed E-state index contributed by atoms with van der Waals surface area (Å²) >= 11 is 0. The first-order valence-electron chi connectivity index (χ1n) is 5.08. The predicted molar refractivity (Wildman–Crippen MR) is 56.4 cm³/mol. The van der Waals surface area contributed by atoms with E-state index < -0.39 is 0 Å². The Hall–Kier alpha value is -0.810. The van der Waals surface area contributed by atoms with Crippen molar-refractivity contribution in [3.8, 4) is 0 Å². The van der Waals surface area contributed by atoms with E-state index in [1.54, 1.807) is 19.0 Å². The Morgan fingerprint density at radius 1 is 1.43 bits per heavy atom. The van der Waals surface area contributed by atoms with Crippen molar-refractivity contribution in [3.63, 3.8) is 0 Å². The molecule has 1 saturated heterocycles. The first kappa shape index (κ1) is 11.3. The minimum atomic E-state index is -0.0138. The molecule has 0 aromatic rings. The second-order valence-electron chi connectivity index (χ2n) is 3.72. The van der Waals surface area contributed by atoms with Crippen molar-refractivity contribution in [3.05, 3.63) is 0 Å². The molecule has 14 heavy (non-hydrogen) atoms. The molecule has 0 bridgehead atoms. The van der Waals surface area contributed by atoms with Crippen LogP contribution in [0.5, 0.6) is 0 Å². The van der Waals surface area contributed by atoms with Gasteiger partial charge >= 0.3 is 6.03 Å². The van der Waals surface area contributed by atoms with Crippen LogP contribution in [0.1, 0.15) is 0 Å². The van der Waals surface area contributed by atoms with Gasteiger partial charge in [-0.15, -0.1) is 0 Å². The molecule has 0 radical (unpaired) electrons. The zero-order valence-electron chi connectivity index (χ0n) is 9.05. The monoisotopic (exact) mass is 200 g/mol. The summed E-state index contributed by atoms with van der Waals surface area (Å²) in [4.78, 5) is 15.1. The van der Waals surface area contributed by atoms with Crippen LogP contribution >= 0.6 is 0 Å². The molecule has 0 saturated carbocycles. The molecular formula is C9H20N4O. The molecular weight excluding hydrogens is 180 g/mol. The minimum Gasteiger partial charge on any atom is -0.337 e. The number of nitrogens with one attached hydrogen (secondary N) is 2. The van der Waals surface area contributed by atoms with Gasteiger partial charge in [0.15, 0.2) is 0 Å². The van der Waals surface area contributed by atoms with Crippen molar-refractivity contribution in [1.29, 1.82) is 0 Å². The molecule has 0 atom stereocenters. The van der Waals surface area contributed by atoms with Crippen molar-refractivity contribution in [2.24, 2.45) is 0 Å². The van der Waals surface area contributed by atoms with Gasteiger partial charge in [-0.2, -0.15) is 0 Å². The van der Waals surface area contributed by atoms with Crippen LogP contribution in [-0.2, 0) is 0 Å². The van der Waals surface area contributed by atoms with Crippen molar-refractivity contribution in [2.45, 2.75) is 0 Å². The zero-order valence-corrected chi connectivity index (χ0v) is 9.05. The summed E-state index contributed by atoms with van der Waals surface area (Å²) in [6, 6.07) is -0.0138. The third-order valence-electron chi connectivity index (χ3n) is 2.32. The first-order valence-corrected chi connectivity index (χ1v) is 5.08. The average Bonchev–Trinajstić information content (AvgIpc) is 2.19. The largest absolute Gasteiger partial charge is 0.337 e. The lowest BCUT2D eigenvalue weighted by molar-refractivity contribution is 0.209. The van der Waals surface area contributed by atoms with Gasteiger partial charge in [-0.25, -0.2) is 4.79 Å². The quantitative estimate of drug-likeness (QED) is 0.625. The van der Waals surface area contributed by atoms with Gasteiger partial charge in [0.2, 0.25) is 0 Å². The number of urea groups is 1. The summed E-state index contributed by atoms with van der Waals surface area (Å²) in [7, 11) is 3.50. The third-order valence-corrected chi connectivity index (χ3v) is 2.32. The van der Waals surface area contributed by atoms with Gasteiger partial charge in [-0.1, -0.05) is 0 Å². The van der Waals surface area contributed by atoms with Crippen molar-refractivity contribution < 1.29 is 4.79 Å². The smallest absolute Gasteiger partial charge is 0.316 e. The van der Waals surface area contributed by atoms with Gasteiger partial charge < -0.3 is 15.5 Å². The highest BCUT2D eigenvalue weighted by Crippen LogP contribution is 1.90. The molecule has 0 spiro atoms. The molecule has 0 aliphatic carbocycles. The van der Waals surface area contributed by atoms with Crippen molar-refractivity contribution >= 4 is 6.03 Å². The fourth-order valence-corrected chi connectivity index (χ4v) is 1.41. The number of amides is 2. The number of rotatable bonds is 3. The lowest BCUT2D eigenvalue weighted by Gasteiger charge is -2.27. The normalized spacial score (nSPS) is 17.9. The van der Waals surface area contributed by atoms with Crippen molar-refractivity contribution in [2.75, 3.05) is 53.4 Å². The summed E-state index contributed by atoms with van der Waals surface area (Å²) in [5, 5.41) is 6.15. The Bertz CT molecular complexity index is 178. The molecule has 1 aliphatic heterocycles. The lowest BCUT2D eigenvalue weighted by atomic mass is 10.3. The molecule has 1 heterocycles. The summed E-state index contributed by atoms with van der Waals surface area (Å²) in [5.74, 6) is 0. The topological polar surface area (TPSA) is 47.6 Å². The maximum Gasteiger partial charge on any atom is 0.316 e. The Labute approximate surface area is 85.4 Å². The van der Waals surface area contributed by atoms with E-state index in [1.807, 2.05) is 0 Å². The number of hydrogen-bond donors (Lipinski definition) is 2. The van der Waals surface area contributed by atoms with Crippen LogP contribution in [0.25, 0.3) is 0 Å². The van der Waals surface area contributed by atoms with Gasteiger partial charge in [-0.3, -0.25) is 4.90 Å². The van der Waals surface area contributed by atoms with Gasteiger partial charge in [0, 0.05) is 53.4 Å². The zero-order chi connectivity index (χ0) is 10.4. The molecule has 82 valence electrons. The number of carbonyl (C=O) groups excluding carboxylic acids is 1. The third kappa shape index (κ3) is 3.93. The predicted octanol–water partition coefficient (Wildman–Crippen LogP) is -0.837. The van der Waals surface area contributed by atoms with E-state index >= 15 is 0 Å². The second kappa shape index (κ2) is 5.82. The van der Waals surface area contributed by atoms with E-state index in [2.05, 4.69) is 15.5 Å². The summed E-state index contributed by atoms with van der Waals surface area (Å²) in [5.41, 5.74) is 0. The standard InChI is InChI=1S/C9H20N4O/c1-12(2)9(14)11-5-8-13-6-3-10-4-7-13/h10H,3-8H2,1-2H3,(H,11,14). The second-order valence-corrected chi connectivity index (χ2v) is 3.72. The molecule has 1 fully saturated rings. The van der Waals surface area contributed by atoms with Crippen LogP contribution in [0.4, 0.5) is 4.79 Å². The first-order chi connectivity index (χ1) is 6.70. The van der Waals surface area contributed by atoms with Crippen LogP contribution in [0.15, 0.2) is 0 Å². The van der Waals surface area contributed by atoms with Crippen LogP contribution in [0, 0.1) is 0 Å². The molecule has 0 unspecified atom stereocenters. The maximum absolute atomic E-state index is 11.2. The number of nitrogens with zero attached hydrogens (tertiary/aromatic N) is 2. The number of piperazine rings is 1. The molecule has 5 nitrogen and oxygen atoms in total. The maximum atomic E-state index is 11.2. The highest BCUT2D eigenvalue weighted by atomic mass is 16.2. The molecule has 1 rings (SSSR count). The van der Waals surface area contributed by atoms with Crippen LogP contribution in [0.2, 0.25) is 0 Å². The Morgan fingerprint density at radius 2 is 2.07 bits per heavy atom. The fourth-order valence-electron chi connectivity index (χ4n) is 1.41. The summed E-state index contributed by atoms with van der Waals surface area (Å²) in [6.45, 7) is 5.96.